The number of halogens is 1. The fourth-order valence-corrected chi connectivity index (χ4v) is 2.10. The Hall–Kier alpha value is -2.01. The van der Waals surface area contributed by atoms with E-state index in [1.165, 1.54) is 0 Å². The molecular weight excluding hydrogens is 288 g/mol. The zero-order valence-corrected chi connectivity index (χ0v) is 12.7. The second kappa shape index (κ2) is 7.69. The van der Waals surface area contributed by atoms with Gasteiger partial charge in [-0.3, -0.25) is 4.68 Å². The number of hydrogen-bond donors (Lipinski definition) is 2. The first-order valence-corrected chi connectivity index (χ1v) is 7.37. The van der Waals surface area contributed by atoms with Crippen LogP contribution < -0.4 is 10.6 Å². The van der Waals surface area contributed by atoms with Crippen LogP contribution in [0.2, 0.25) is 5.02 Å². The lowest BCUT2D eigenvalue weighted by Crippen LogP contribution is -2.29. The summed E-state index contributed by atoms with van der Waals surface area (Å²) in [5.74, 6) is 0. The number of nitrogens with zero attached hydrogens (tertiary/aromatic N) is 2. The third kappa shape index (κ3) is 5.11. The molecular formula is C15H19ClN4O. The maximum Gasteiger partial charge on any atom is 0.319 e. The molecule has 2 aromatic rings. The minimum Gasteiger partial charge on any atom is -0.338 e. The van der Waals surface area contributed by atoms with Crippen molar-refractivity contribution in [2.45, 2.75) is 26.3 Å². The summed E-state index contributed by atoms with van der Waals surface area (Å²) in [4.78, 5) is 11.6. The molecule has 0 unspecified atom stereocenters. The summed E-state index contributed by atoms with van der Waals surface area (Å²) in [6.07, 6.45) is 5.45. The van der Waals surface area contributed by atoms with Gasteiger partial charge in [-0.1, -0.05) is 37.1 Å². The SMILES string of the molecule is CCCCNC(=O)Nc1cnn(Cc2cccc(Cl)c2)c1. The van der Waals surface area contributed by atoms with Gasteiger partial charge in [0, 0.05) is 17.8 Å². The average Bonchev–Trinajstić information content (AvgIpc) is 2.86. The molecule has 0 atom stereocenters. The molecule has 0 aliphatic rings. The molecule has 2 amide bonds. The van der Waals surface area contributed by atoms with Crippen LogP contribution in [0.3, 0.4) is 0 Å². The van der Waals surface area contributed by atoms with Crippen molar-refractivity contribution in [3.05, 3.63) is 47.2 Å². The number of amides is 2. The van der Waals surface area contributed by atoms with Crippen LogP contribution >= 0.6 is 11.6 Å². The van der Waals surface area contributed by atoms with Crippen LogP contribution in [-0.4, -0.2) is 22.4 Å². The van der Waals surface area contributed by atoms with Gasteiger partial charge < -0.3 is 10.6 Å². The fourth-order valence-electron chi connectivity index (χ4n) is 1.89. The standard InChI is InChI=1S/C15H19ClN4O/c1-2-3-7-17-15(21)19-14-9-18-20(11-14)10-12-5-4-6-13(16)8-12/h4-6,8-9,11H,2-3,7,10H2,1H3,(H2,17,19,21). The normalized spacial score (nSPS) is 10.4. The molecule has 1 aromatic carbocycles. The molecule has 0 fully saturated rings. The number of urea groups is 1. The van der Waals surface area contributed by atoms with Gasteiger partial charge in [0.1, 0.15) is 0 Å². The van der Waals surface area contributed by atoms with Crippen LogP contribution in [0.5, 0.6) is 0 Å². The van der Waals surface area contributed by atoms with Crippen LogP contribution in [0.4, 0.5) is 10.5 Å². The van der Waals surface area contributed by atoms with Gasteiger partial charge in [0.25, 0.3) is 0 Å². The molecule has 2 rings (SSSR count). The lowest BCUT2D eigenvalue weighted by atomic mass is 10.2. The van der Waals surface area contributed by atoms with Crippen molar-refractivity contribution in [2.24, 2.45) is 0 Å². The molecule has 21 heavy (non-hydrogen) atoms. The zero-order valence-electron chi connectivity index (χ0n) is 12.0. The molecule has 0 aliphatic carbocycles. The van der Waals surface area contributed by atoms with E-state index < -0.39 is 0 Å². The molecule has 6 heteroatoms. The second-order valence-corrected chi connectivity index (χ2v) is 5.23. The van der Waals surface area contributed by atoms with E-state index in [1.54, 1.807) is 17.1 Å². The van der Waals surface area contributed by atoms with Crippen molar-refractivity contribution >= 4 is 23.3 Å². The molecule has 1 aromatic heterocycles. The summed E-state index contributed by atoms with van der Waals surface area (Å²) >= 11 is 5.95. The van der Waals surface area contributed by atoms with Gasteiger partial charge in [0.15, 0.2) is 0 Å². The number of hydrogen-bond acceptors (Lipinski definition) is 2. The van der Waals surface area contributed by atoms with Crippen molar-refractivity contribution in [3.8, 4) is 0 Å². The lowest BCUT2D eigenvalue weighted by molar-refractivity contribution is 0.252. The van der Waals surface area contributed by atoms with Gasteiger partial charge in [-0.15, -0.1) is 0 Å². The Balaban J connectivity index is 1.88. The average molecular weight is 307 g/mol. The third-order valence-corrected chi connectivity index (χ3v) is 3.18. The monoisotopic (exact) mass is 306 g/mol. The Morgan fingerprint density at radius 2 is 2.29 bits per heavy atom. The summed E-state index contributed by atoms with van der Waals surface area (Å²) < 4.78 is 1.76. The third-order valence-electron chi connectivity index (χ3n) is 2.94. The Morgan fingerprint density at radius 1 is 1.43 bits per heavy atom. The quantitative estimate of drug-likeness (QED) is 0.802. The van der Waals surface area contributed by atoms with Crippen LogP contribution in [-0.2, 0) is 6.54 Å². The summed E-state index contributed by atoms with van der Waals surface area (Å²) in [7, 11) is 0. The molecule has 0 aliphatic heterocycles. The lowest BCUT2D eigenvalue weighted by Gasteiger charge is -2.04. The van der Waals surface area contributed by atoms with E-state index in [4.69, 9.17) is 11.6 Å². The first-order chi connectivity index (χ1) is 10.2. The zero-order chi connectivity index (χ0) is 15.1. The van der Waals surface area contributed by atoms with Crippen LogP contribution in [0.15, 0.2) is 36.7 Å². The molecule has 0 spiro atoms. The van der Waals surface area contributed by atoms with E-state index in [0.29, 0.717) is 23.8 Å². The van der Waals surface area contributed by atoms with E-state index in [9.17, 15) is 4.79 Å². The highest BCUT2D eigenvalue weighted by atomic mass is 35.5. The Labute approximate surface area is 129 Å². The number of carbonyl (C=O) groups excluding carboxylic acids is 1. The Morgan fingerprint density at radius 3 is 3.05 bits per heavy atom. The van der Waals surface area contributed by atoms with Crippen LogP contribution in [0.1, 0.15) is 25.3 Å². The summed E-state index contributed by atoms with van der Waals surface area (Å²) in [5, 5.41) is 10.5. The van der Waals surface area contributed by atoms with Crippen molar-refractivity contribution in [1.29, 1.82) is 0 Å². The molecule has 0 saturated carbocycles. The van der Waals surface area contributed by atoms with E-state index in [0.717, 1.165) is 18.4 Å². The first kappa shape index (κ1) is 15.4. The number of rotatable bonds is 6. The van der Waals surface area contributed by atoms with Gasteiger partial charge in [-0.25, -0.2) is 4.79 Å². The minimum absolute atomic E-state index is 0.203. The summed E-state index contributed by atoms with van der Waals surface area (Å²) in [5.41, 5.74) is 1.73. The van der Waals surface area contributed by atoms with E-state index in [2.05, 4.69) is 22.7 Å². The van der Waals surface area contributed by atoms with Crippen molar-refractivity contribution in [3.63, 3.8) is 0 Å². The van der Waals surface area contributed by atoms with Crippen molar-refractivity contribution in [1.82, 2.24) is 15.1 Å². The Kier molecular flexibility index (Phi) is 5.63. The number of anilines is 1. The van der Waals surface area contributed by atoms with Crippen LogP contribution in [0, 0.1) is 0 Å². The molecule has 1 heterocycles. The highest BCUT2D eigenvalue weighted by Crippen LogP contribution is 2.13. The van der Waals surface area contributed by atoms with Gasteiger partial charge in [-0.05, 0) is 24.1 Å². The topological polar surface area (TPSA) is 59.0 Å². The number of carbonyl (C=O) groups is 1. The molecule has 0 saturated heterocycles. The predicted molar refractivity (Wildman–Crippen MR) is 84.7 cm³/mol. The Bertz CT molecular complexity index is 597. The van der Waals surface area contributed by atoms with Gasteiger partial charge in [0.05, 0.1) is 18.4 Å². The van der Waals surface area contributed by atoms with E-state index in [-0.39, 0.29) is 6.03 Å². The first-order valence-electron chi connectivity index (χ1n) is 6.99. The number of unbranched alkanes of at least 4 members (excludes halogenated alkanes) is 1. The highest BCUT2D eigenvalue weighted by Gasteiger charge is 2.04. The summed E-state index contributed by atoms with van der Waals surface area (Å²) in [6, 6.07) is 7.42. The number of benzene rings is 1. The van der Waals surface area contributed by atoms with E-state index in [1.807, 2.05) is 24.3 Å². The van der Waals surface area contributed by atoms with Gasteiger partial charge in [0.2, 0.25) is 0 Å². The molecule has 112 valence electrons. The number of aromatic nitrogens is 2. The second-order valence-electron chi connectivity index (χ2n) is 4.79. The van der Waals surface area contributed by atoms with Crippen LogP contribution in [0.25, 0.3) is 0 Å². The summed E-state index contributed by atoms with van der Waals surface area (Å²) in [6.45, 7) is 3.37. The highest BCUT2D eigenvalue weighted by molar-refractivity contribution is 6.30. The maximum atomic E-state index is 11.6. The molecule has 0 radical (unpaired) electrons. The predicted octanol–water partition coefficient (Wildman–Crippen LogP) is 3.51. The molecule has 5 nitrogen and oxygen atoms in total. The van der Waals surface area contributed by atoms with E-state index >= 15 is 0 Å². The smallest absolute Gasteiger partial charge is 0.319 e. The minimum atomic E-state index is -0.203. The number of nitrogens with one attached hydrogen (secondary N) is 2. The van der Waals surface area contributed by atoms with Gasteiger partial charge in [-0.2, -0.15) is 5.10 Å². The van der Waals surface area contributed by atoms with Crippen molar-refractivity contribution in [2.75, 3.05) is 11.9 Å². The fraction of sp³-hybridized carbons (Fsp3) is 0.333. The van der Waals surface area contributed by atoms with Gasteiger partial charge >= 0.3 is 6.03 Å². The maximum absolute atomic E-state index is 11.6. The van der Waals surface area contributed by atoms with Crippen molar-refractivity contribution < 1.29 is 4.79 Å². The largest absolute Gasteiger partial charge is 0.338 e. The molecule has 2 N–H and O–H groups in total. The molecule has 0 bridgehead atoms.